The molecule has 0 bridgehead atoms. The van der Waals surface area contributed by atoms with E-state index in [1.807, 2.05) is 37.0 Å². The number of likely N-dealkylation sites (N-methyl/N-ethyl adjacent to an activating group) is 2. The van der Waals surface area contributed by atoms with E-state index in [0.717, 1.165) is 54.0 Å². The van der Waals surface area contributed by atoms with Gasteiger partial charge in [-0.3, -0.25) is 14.5 Å². The van der Waals surface area contributed by atoms with E-state index >= 15 is 0 Å². The Bertz CT molecular complexity index is 978. The zero-order valence-electron chi connectivity index (χ0n) is 15.0. The van der Waals surface area contributed by atoms with Crippen LogP contribution in [-0.2, 0) is 6.54 Å². The maximum atomic E-state index is 13.2. The molecular formula is C19H22N6O. The lowest BCUT2D eigenvalue weighted by Gasteiger charge is -2.18. The molecule has 26 heavy (non-hydrogen) atoms. The van der Waals surface area contributed by atoms with Crippen LogP contribution in [0.4, 0.5) is 5.69 Å². The summed E-state index contributed by atoms with van der Waals surface area (Å²) in [5, 5.41) is 15.4. The van der Waals surface area contributed by atoms with E-state index < -0.39 is 0 Å². The summed E-state index contributed by atoms with van der Waals surface area (Å²) in [6.45, 7) is 3.11. The second-order valence-electron chi connectivity index (χ2n) is 6.34. The van der Waals surface area contributed by atoms with Gasteiger partial charge in [-0.15, -0.1) is 0 Å². The number of rotatable bonds is 7. The number of hydrogen-bond acceptors (Lipinski definition) is 6. The van der Waals surface area contributed by atoms with E-state index in [1.54, 1.807) is 12.4 Å². The van der Waals surface area contributed by atoms with Gasteiger partial charge in [0.25, 0.3) is 0 Å². The van der Waals surface area contributed by atoms with Gasteiger partial charge in [0.15, 0.2) is 5.78 Å². The van der Waals surface area contributed by atoms with Crippen molar-refractivity contribution >= 4 is 22.4 Å². The number of aromatic nitrogens is 3. The number of pyridine rings is 1. The number of carbonyl (C=O) groups is 1. The van der Waals surface area contributed by atoms with Gasteiger partial charge in [0.05, 0.1) is 23.2 Å². The fraction of sp³-hybridized carbons (Fsp3) is 0.316. The zero-order chi connectivity index (χ0) is 18.1. The Morgan fingerprint density at radius 3 is 2.69 bits per heavy atom. The van der Waals surface area contributed by atoms with Crippen molar-refractivity contribution in [3.8, 4) is 11.3 Å². The molecule has 0 saturated carbocycles. The van der Waals surface area contributed by atoms with Crippen molar-refractivity contribution in [1.82, 2.24) is 25.4 Å². The van der Waals surface area contributed by atoms with Crippen LogP contribution in [0.1, 0.15) is 15.9 Å². The average Bonchev–Trinajstić information content (AvgIpc) is 3.04. The maximum Gasteiger partial charge on any atom is 0.198 e. The number of ketones is 1. The summed E-state index contributed by atoms with van der Waals surface area (Å²) in [7, 11) is 3.83. The summed E-state index contributed by atoms with van der Waals surface area (Å²) in [5.74, 6) is 0.00586. The fourth-order valence-electron chi connectivity index (χ4n) is 3.47. The van der Waals surface area contributed by atoms with Gasteiger partial charge < -0.3 is 16.0 Å². The minimum absolute atomic E-state index is 0.00586. The van der Waals surface area contributed by atoms with Gasteiger partial charge in [-0.1, -0.05) is 0 Å². The van der Waals surface area contributed by atoms with Crippen LogP contribution in [0, 0.1) is 0 Å². The van der Waals surface area contributed by atoms with E-state index in [1.165, 1.54) is 0 Å². The molecule has 0 saturated heterocycles. The molecule has 3 N–H and O–H groups in total. The van der Waals surface area contributed by atoms with Crippen LogP contribution < -0.4 is 16.0 Å². The predicted octanol–water partition coefficient (Wildman–Crippen LogP) is 1.49. The highest BCUT2D eigenvalue weighted by Gasteiger charge is 2.31. The average molecular weight is 350 g/mol. The third kappa shape index (κ3) is 2.56. The molecular weight excluding hydrogens is 328 g/mol. The zero-order valence-corrected chi connectivity index (χ0v) is 15.0. The fourth-order valence-corrected chi connectivity index (χ4v) is 3.47. The van der Waals surface area contributed by atoms with Crippen molar-refractivity contribution in [2.24, 2.45) is 0 Å². The first-order valence-corrected chi connectivity index (χ1v) is 8.82. The Labute approximate surface area is 151 Å². The van der Waals surface area contributed by atoms with E-state index in [9.17, 15) is 4.79 Å². The molecule has 2 aromatic heterocycles. The largest absolute Gasteiger partial charge is 0.383 e. The highest BCUT2D eigenvalue weighted by molar-refractivity contribution is 6.27. The van der Waals surface area contributed by atoms with E-state index in [2.05, 4.69) is 20.9 Å². The smallest absolute Gasteiger partial charge is 0.198 e. The van der Waals surface area contributed by atoms with Crippen LogP contribution in [0.25, 0.3) is 22.2 Å². The molecule has 4 rings (SSSR count). The third-order valence-corrected chi connectivity index (χ3v) is 4.73. The summed E-state index contributed by atoms with van der Waals surface area (Å²) >= 11 is 0. The Morgan fingerprint density at radius 1 is 1.04 bits per heavy atom. The van der Waals surface area contributed by atoms with Crippen LogP contribution in [0.2, 0.25) is 0 Å². The summed E-state index contributed by atoms with van der Waals surface area (Å²) in [6, 6.07) is 5.90. The highest BCUT2D eigenvalue weighted by Crippen LogP contribution is 2.41. The van der Waals surface area contributed by atoms with Gasteiger partial charge in [0.2, 0.25) is 0 Å². The standard InChI is InChI=1S/C19H22N6O/c1-20-7-8-23-14-3-4-15-17-16(14)19(26)13-11-22-6-5-12(13)18(17)24-25(15)10-9-21-2/h3-6,11,20-21,23H,7-10H2,1-2H3. The lowest BCUT2D eigenvalue weighted by molar-refractivity contribution is 0.104. The monoisotopic (exact) mass is 350 g/mol. The highest BCUT2D eigenvalue weighted by atomic mass is 16.1. The van der Waals surface area contributed by atoms with Gasteiger partial charge in [0.1, 0.15) is 5.69 Å². The first-order chi connectivity index (χ1) is 12.8. The number of benzene rings is 1. The number of anilines is 1. The normalized spacial score (nSPS) is 12.5. The van der Waals surface area contributed by atoms with Crippen LogP contribution in [0.5, 0.6) is 0 Å². The van der Waals surface area contributed by atoms with Crippen LogP contribution in [-0.4, -0.2) is 54.3 Å². The Kier molecular flexibility index (Phi) is 4.40. The van der Waals surface area contributed by atoms with Crippen molar-refractivity contribution < 1.29 is 4.79 Å². The summed E-state index contributed by atoms with van der Waals surface area (Å²) in [5.41, 5.74) is 4.87. The van der Waals surface area contributed by atoms with Gasteiger partial charge in [-0.2, -0.15) is 5.10 Å². The lowest BCUT2D eigenvalue weighted by Crippen LogP contribution is -2.20. The SMILES string of the molecule is CNCCNc1ccc2c3c(nn2CCNC)-c2ccncc2C(=O)c13. The molecule has 0 radical (unpaired) electrons. The second kappa shape index (κ2) is 6.86. The molecule has 0 aliphatic heterocycles. The molecule has 1 aliphatic rings. The van der Waals surface area contributed by atoms with Crippen LogP contribution in [0.3, 0.4) is 0 Å². The van der Waals surface area contributed by atoms with Crippen molar-refractivity contribution in [2.75, 3.05) is 39.0 Å². The van der Waals surface area contributed by atoms with Crippen LogP contribution >= 0.6 is 0 Å². The summed E-state index contributed by atoms with van der Waals surface area (Å²) < 4.78 is 1.98. The first kappa shape index (κ1) is 16.7. The molecule has 0 unspecified atom stereocenters. The molecule has 7 nitrogen and oxygen atoms in total. The third-order valence-electron chi connectivity index (χ3n) is 4.73. The second-order valence-corrected chi connectivity index (χ2v) is 6.34. The molecule has 2 heterocycles. The molecule has 0 spiro atoms. The summed E-state index contributed by atoms with van der Waals surface area (Å²) in [6.07, 6.45) is 3.36. The quantitative estimate of drug-likeness (QED) is 0.438. The van der Waals surface area contributed by atoms with Crippen molar-refractivity contribution in [2.45, 2.75) is 6.54 Å². The van der Waals surface area contributed by atoms with Crippen LogP contribution in [0.15, 0.2) is 30.6 Å². The summed E-state index contributed by atoms with van der Waals surface area (Å²) in [4.78, 5) is 17.4. The molecule has 7 heteroatoms. The predicted molar refractivity (Wildman–Crippen MR) is 103 cm³/mol. The maximum absolute atomic E-state index is 13.2. The number of nitrogens with zero attached hydrogens (tertiary/aromatic N) is 3. The van der Waals surface area contributed by atoms with Gasteiger partial charge in [-0.05, 0) is 32.3 Å². The topological polar surface area (TPSA) is 83.9 Å². The van der Waals surface area contributed by atoms with Gasteiger partial charge >= 0.3 is 0 Å². The molecule has 134 valence electrons. The van der Waals surface area contributed by atoms with Crippen molar-refractivity contribution in [1.29, 1.82) is 0 Å². The first-order valence-electron chi connectivity index (χ1n) is 8.82. The molecule has 0 atom stereocenters. The molecule has 1 aliphatic carbocycles. The molecule has 0 fully saturated rings. The Hall–Kier alpha value is -2.77. The number of fused-ring (bicyclic) bond motifs is 2. The lowest BCUT2D eigenvalue weighted by atomic mass is 9.87. The minimum Gasteiger partial charge on any atom is -0.383 e. The number of carbonyl (C=O) groups excluding carboxylic acids is 1. The number of nitrogens with one attached hydrogen (secondary N) is 3. The Balaban J connectivity index is 1.93. The molecule has 1 aromatic carbocycles. The van der Waals surface area contributed by atoms with E-state index in [0.29, 0.717) is 11.1 Å². The molecule has 3 aromatic rings. The van der Waals surface area contributed by atoms with E-state index in [4.69, 9.17) is 5.10 Å². The minimum atomic E-state index is 0.00586. The molecule has 0 amide bonds. The number of hydrogen-bond donors (Lipinski definition) is 3. The van der Waals surface area contributed by atoms with Gasteiger partial charge in [-0.25, -0.2) is 0 Å². The Morgan fingerprint density at radius 2 is 1.88 bits per heavy atom. The van der Waals surface area contributed by atoms with Crippen molar-refractivity contribution in [3.63, 3.8) is 0 Å². The van der Waals surface area contributed by atoms with E-state index in [-0.39, 0.29) is 5.78 Å². The van der Waals surface area contributed by atoms with Crippen molar-refractivity contribution in [3.05, 3.63) is 41.7 Å². The van der Waals surface area contributed by atoms with Gasteiger partial charge in [0, 0.05) is 48.7 Å².